The van der Waals surface area contributed by atoms with Crippen LogP contribution in [-0.4, -0.2) is 19.2 Å². The van der Waals surface area contributed by atoms with Gasteiger partial charge in [-0.05, 0) is 48.6 Å². The maximum absolute atomic E-state index is 12.7. The second-order valence-corrected chi connectivity index (χ2v) is 5.73. The first-order valence-electron chi connectivity index (χ1n) is 7.16. The Labute approximate surface area is 133 Å². The maximum Gasteiger partial charge on any atom is 0.315 e. The van der Waals surface area contributed by atoms with Gasteiger partial charge in [-0.25, -0.2) is 9.18 Å². The van der Waals surface area contributed by atoms with Crippen molar-refractivity contribution >= 4 is 17.4 Å². The number of hydrogen-bond donors (Lipinski definition) is 2. The molecule has 1 heterocycles. The number of carbonyl (C=O) groups excluding carboxylic acids is 1. The van der Waals surface area contributed by atoms with Crippen LogP contribution in [0, 0.1) is 5.82 Å². The number of carbonyl (C=O) groups is 1. The van der Waals surface area contributed by atoms with Crippen LogP contribution in [-0.2, 0) is 6.54 Å². The van der Waals surface area contributed by atoms with Gasteiger partial charge in [0.25, 0.3) is 0 Å². The smallest absolute Gasteiger partial charge is 0.315 e. The molecule has 0 aliphatic heterocycles. The van der Waals surface area contributed by atoms with E-state index in [0.717, 1.165) is 17.7 Å². The Morgan fingerprint density at radius 3 is 2.68 bits per heavy atom. The van der Waals surface area contributed by atoms with Gasteiger partial charge in [0.05, 0.1) is 13.2 Å². The zero-order valence-corrected chi connectivity index (χ0v) is 13.0. The molecular formula is C16H19FN2O2S. The van der Waals surface area contributed by atoms with Crippen molar-refractivity contribution in [2.24, 2.45) is 0 Å². The molecule has 0 aliphatic carbocycles. The fourth-order valence-electron chi connectivity index (χ4n) is 1.79. The van der Waals surface area contributed by atoms with E-state index in [1.807, 2.05) is 17.5 Å². The summed E-state index contributed by atoms with van der Waals surface area (Å²) < 4.78 is 18.2. The van der Waals surface area contributed by atoms with E-state index in [1.165, 1.54) is 12.1 Å². The normalized spacial score (nSPS) is 10.2. The van der Waals surface area contributed by atoms with E-state index in [2.05, 4.69) is 10.6 Å². The van der Waals surface area contributed by atoms with Crippen LogP contribution < -0.4 is 15.4 Å². The van der Waals surface area contributed by atoms with Gasteiger partial charge in [0.1, 0.15) is 11.6 Å². The molecule has 2 N–H and O–H groups in total. The highest BCUT2D eigenvalue weighted by atomic mass is 32.1. The Morgan fingerprint density at radius 1 is 1.14 bits per heavy atom. The first-order valence-corrected chi connectivity index (χ1v) is 8.04. The molecule has 1 aromatic carbocycles. The molecule has 0 saturated heterocycles. The predicted molar refractivity (Wildman–Crippen MR) is 85.7 cm³/mol. The number of hydrogen-bond acceptors (Lipinski definition) is 3. The van der Waals surface area contributed by atoms with Gasteiger partial charge < -0.3 is 15.4 Å². The first kappa shape index (κ1) is 16.3. The molecule has 118 valence electrons. The minimum atomic E-state index is -0.273. The number of benzene rings is 1. The Hall–Kier alpha value is -2.08. The van der Waals surface area contributed by atoms with E-state index in [9.17, 15) is 9.18 Å². The van der Waals surface area contributed by atoms with Crippen molar-refractivity contribution in [1.29, 1.82) is 0 Å². The third kappa shape index (κ3) is 6.13. The van der Waals surface area contributed by atoms with Crippen LogP contribution in [0.3, 0.4) is 0 Å². The van der Waals surface area contributed by atoms with Gasteiger partial charge in [-0.1, -0.05) is 6.07 Å². The van der Waals surface area contributed by atoms with Crippen LogP contribution in [0.15, 0.2) is 41.8 Å². The molecule has 0 radical (unpaired) electrons. The van der Waals surface area contributed by atoms with E-state index in [4.69, 9.17) is 4.74 Å². The molecule has 0 spiro atoms. The standard InChI is InChI=1S/C16H19FN2O2S/c17-13-5-7-14(8-6-13)21-10-2-1-9-18-16(20)19-12-15-4-3-11-22-15/h3-8,11H,1-2,9-10,12H2,(H2,18,19,20). The average molecular weight is 322 g/mol. The topological polar surface area (TPSA) is 50.4 Å². The summed E-state index contributed by atoms with van der Waals surface area (Å²) in [5.74, 6) is 0.383. The summed E-state index contributed by atoms with van der Waals surface area (Å²) >= 11 is 1.62. The summed E-state index contributed by atoms with van der Waals surface area (Å²) in [6.45, 7) is 1.70. The van der Waals surface area contributed by atoms with Gasteiger partial charge >= 0.3 is 6.03 Å². The number of amides is 2. The van der Waals surface area contributed by atoms with Gasteiger partial charge in [-0.2, -0.15) is 0 Å². The van der Waals surface area contributed by atoms with Crippen LogP contribution in [0.4, 0.5) is 9.18 Å². The molecule has 2 aromatic rings. The van der Waals surface area contributed by atoms with Crippen molar-refractivity contribution in [1.82, 2.24) is 10.6 Å². The molecule has 1 aromatic heterocycles. The van der Waals surface area contributed by atoms with E-state index < -0.39 is 0 Å². The van der Waals surface area contributed by atoms with Crippen molar-refractivity contribution in [3.05, 3.63) is 52.5 Å². The molecule has 0 aliphatic rings. The Morgan fingerprint density at radius 2 is 1.95 bits per heavy atom. The SMILES string of the molecule is O=C(NCCCCOc1ccc(F)cc1)NCc1cccs1. The number of urea groups is 1. The Balaban J connectivity index is 1.48. The molecule has 0 saturated carbocycles. The number of thiophene rings is 1. The van der Waals surface area contributed by atoms with Crippen molar-refractivity contribution in [2.75, 3.05) is 13.2 Å². The fourth-order valence-corrected chi connectivity index (χ4v) is 2.44. The fraction of sp³-hybridized carbons (Fsp3) is 0.312. The molecule has 0 unspecified atom stereocenters. The minimum Gasteiger partial charge on any atom is -0.494 e. The third-order valence-corrected chi connectivity index (χ3v) is 3.82. The second-order valence-electron chi connectivity index (χ2n) is 4.70. The lowest BCUT2D eigenvalue weighted by molar-refractivity contribution is 0.239. The largest absolute Gasteiger partial charge is 0.494 e. The zero-order chi connectivity index (χ0) is 15.6. The lowest BCUT2D eigenvalue weighted by atomic mass is 10.3. The van der Waals surface area contributed by atoms with Crippen LogP contribution in [0.5, 0.6) is 5.75 Å². The van der Waals surface area contributed by atoms with E-state index in [0.29, 0.717) is 25.4 Å². The molecule has 2 rings (SSSR count). The minimum absolute atomic E-state index is 0.159. The van der Waals surface area contributed by atoms with E-state index in [1.54, 1.807) is 23.5 Å². The first-order chi connectivity index (χ1) is 10.7. The number of unbranched alkanes of at least 4 members (excludes halogenated alkanes) is 1. The highest BCUT2D eigenvalue weighted by Gasteiger charge is 2.00. The summed E-state index contributed by atoms with van der Waals surface area (Å²) in [6.07, 6.45) is 1.65. The molecule has 6 heteroatoms. The van der Waals surface area contributed by atoms with Gasteiger partial charge in [0.15, 0.2) is 0 Å². The Bertz CT molecular complexity index is 558. The molecule has 0 atom stereocenters. The summed E-state index contributed by atoms with van der Waals surface area (Å²) in [6, 6.07) is 9.73. The van der Waals surface area contributed by atoms with Crippen LogP contribution in [0.1, 0.15) is 17.7 Å². The summed E-state index contributed by atoms with van der Waals surface area (Å²) in [5.41, 5.74) is 0. The van der Waals surface area contributed by atoms with Gasteiger partial charge in [0.2, 0.25) is 0 Å². The number of nitrogens with one attached hydrogen (secondary N) is 2. The molecule has 0 bridgehead atoms. The van der Waals surface area contributed by atoms with Crippen molar-refractivity contribution < 1.29 is 13.9 Å². The van der Waals surface area contributed by atoms with Crippen LogP contribution >= 0.6 is 11.3 Å². The highest BCUT2D eigenvalue weighted by molar-refractivity contribution is 7.09. The van der Waals surface area contributed by atoms with Crippen molar-refractivity contribution in [3.8, 4) is 5.75 Å². The monoisotopic (exact) mass is 322 g/mol. The summed E-state index contributed by atoms with van der Waals surface area (Å²) in [7, 11) is 0. The summed E-state index contributed by atoms with van der Waals surface area (Å²) in [4.78, 5) is 12.7. The van der Waals surface area contributed by atoms with Crippen molar-refractivity contribution in [3.63, 3.8) is 0 Å². The lowest BCUT2D eigenvalue weighted by Crippen LogP contribution is -2.35. The number of halogens is 1. The Kier molecular flexibility index (Phi) is 6.70. The molecule has 4 nitrogen and oxygen atoms in total. The molecular weight excluding hydrogens is 303 g/mol. The third-order valence-electron chi connectivity index (χ3n) is 2.94. The summed E-state index contributed by atoms with van der Waals surface area (Å²) in [5, 5.41) is 7.58. The van der Waals surface area contributed by atoms with E-state index in [-0.39, 0.29) is 11.8 Å². The molecule has 0 fully saturated rings. The number of rotatable bonds is 8. The number of ether oxygens (including phenoxy) is 1. The van der Waals surface area contributed by atoms with Gasteiger partial charge in [-0.3, -0.25) is 0 Å². The highest BCUT2D eigenvalue weighted by Crippen LogP contribution is 2.11. The van der Waals surface area contributed by atoms with Crippen LogP contribution in [0.2, 0.25) is 0 Å². The molecule has 22 heavy (non-hydrogen) atoms. The lowest BCUT2D eigenvalue weighted by Gasteiger charge is -2.08. The predicted octanol–water partition coefficient (Wildman–Crippen LogP) is 3.55. The second kappa shape index (κ2) is 9.04. The zero-order valence-electron chi connectivity index (χ0n) is 12.2. The quantitative estimate of drug-likeness (QED) is 0.730. The van der Waals surface area contributed by atoms with Gasteiger partial charge in [-0.15, -0.1) is 11.3 Å². The maximum atomic E-state index is 12.7. The van der Waals surface area contributed by atoms with Gasteiger partial charge in [0, 0.05) is 11.4 Å². The average Bonchev–Trinajstić information content (AvgIpc) is 3.04. The van der Waals surface area contributed by atoms with Crippen molar-refractivity contribution in [2.45, 2.75) is 19.4 Å². The van der Waals surface area contributed by atoms with Crippen LogP contribution in [0.25, 0.3) is 0 Å². The van der Waals surface area contributed by atoms with E-state index >= 15 is 0 Å². The molecule has 2 amide bonds.